The summed E-state index contributed by atoms with van der Waals surface area (Å²) in [4.78, 5) is 0. The summed E-state index contributed by atoms with van der Waals surface area (Å²) in [6, 6.07) is 13.2. The van der Waals surface area contributed by atoms with Gasteiger partial charge in [-0.05, 0) is 17.7 Å². The molecule has 0 N–H and O–H groups in total. The van der Waals surface area contributed by atoms with Crippen molar-refractivity contribution in [2.45, 2.75) is 6.54 Å². The van der Waals surface area contributed by atoms with E-state index in [0.717, 1.165) is 5.56 Å². The monoisotopic (exact) mass is 232 g/mol. The second-order valence-electron chi connectivity index (χ2n) is 3.10. The summed E-state index contributed by atoms with van der Waals surface area (Å²) in [5.74, 6) is 0.459. The van der Waals surface area contributed by atoms with Crippen LogP contribution in [0, 0.1) is 0 Å². The first-order chi connectivity index (χ1) is 7.84. The quantitative estimate of drug-likeness (QED) is 0.762. The second kappa shape index (κ2) is 5.32. The Kier molecular flexibility index (Phi) is 3.56. The van der Waals surface area contributed by atoms with E-state index in [2.05, 4.69) is 20.4 Å². The van der Waals surface area contributed by atoms with Gasteiger partial charge in [0.25, 0.3) is 0 Å². The first-order valence-corrected chi connectivity index (χ1v) is 5.13. The van der Waals surface area contributed by atoms with E-state index in [9.17, 15) is 0 Å². The summed E-state index contributed by atoms with van der Waals surface area (Å²) in [5, 5.41) is 15.7. The van der Waals surface area contributed by atoms with Gasteiger partial charge in [-0.2, -0.15) is 5.11 Å². The number of halogens is 1. The van der Waals surface area contributed by atoms with Crippen LogP contribution in [0.4, 0.5) is 5.82 Å². The molecule has 0 aliphatic rings. The van der Waals surface area contributed by atoms with Crippen LogP contribution < -0.4 is 0 Å². The lowest BCUT2D eigenvalue weighted by Crippen LogP contribution is -1.81. The number of hydrogen-bond donors (Lipinski definition) is 0. The lowest BCUT2D eigenvalue weighted by molar-refractivity contribution is 0.920. The van der Waals surface area contributed by atoms with E-state index in [0.29, 0.717) is 17.5 Å². The molecule has 0 spiro atoms. The van der Waals surface area contributed by atoms with Crippen LogP contribution >= 0.6 is 11.6 Å². The molecule has 4 nitrogen and oxygen atoms in total. The van der Waals surface area contributed by atoms with E-state index >= 15 is 0 Å². The Morgan fingerprint density at radius 3 is 2.50 bits per heavy atom. The van der Waals surface area contributed by atoms with Crippen LogP contribution in [-0.4, -0.2) is 10.2 Å². The van der Waals surface area contributed by atoms with Gasteiger partial charge in [-0.1, -0.05) is 41.9 Å². The lowest BCUT2D eigenvalue weighted by atomic mass is 10.2. The lowest BCUT2D eigenvalue weighted by Gasteiger charge is -1.93. The number of rotatable bonds is 3. The van der Waals surface area contributed by atoms with Gasteiger partial charge < -0.3 is 0 Å². The highest BCUT2D eigenvalue weighted by Crippen LogP contribution is 2.10. The third-order valence-electron chi connectivity index (χ3n) is 1.89. The Labute approximate surface area is 98.0 Å². The summed E-state index contributed by atoms with van der Waals surface area (Å²) < 4.78 is 0. The molecule has 0 unspecified atom stereocenters. The van der Waals surface area contributed by atoms with Crippen molar-refractivity contribution in [2.75, 3.05) is 0 Å². The van der Waals surface area contributed by atoms with Crippen LogP contribution in [0.15, 0.2) is 52.7 Å². The first-order valence-electron chi connectivity index (χ1n) is 4.75. The molecule has 1 aromatic carbocycles. The van der Waals surface area contributed by atoms with Gasteiger partial charge in [0.15, 0.2) is 11.0 Å². The number of benzene rings is 1. The van der Waals surface area contributed by atoms with Gasteiger partial charge in [0.1, 0.15) is 0 Å². The average Bonchev–Trinajstić information content (AvgIpc) is 2.33. The van der Waals surface area contributed by atoms with Crippen molar-refractivity contribution in [3.63, 3.8) is 0 Å². The fraction of sp³-hybridized carbons (Fsp3) is 0.0909. The topological polar surface area (TPSA) is 50.5 Å². The van der Waals surface area contributed by atoms with E-state index in [1.165, 1.54) is 0 Å². The Hall–Kier alpha value is -1.81. The maximum Gasteiger partial charge on any atom is 0.196 e. The molecule has 0 saturated heterocycles. The summed E-state index contributed by atoms with van der Waals surface area (Å²) in [6.07, 6.45) is 0. The molecule has 0 amide bonds. The van der Waals surface area contributed by atoms with Crippen molar-refractivity contribution in [1.82, 2.24) is 10.2 Å². The van der Waals surface area contributed by atoms with Crippen LogP contribution in [0.2, 0.25) is 5.15 Å². The van der Waals surface area contributed by atoms with Gasteiger partial charge in [-0.15, -0.1) is 15.3 Å². The van der Waals surface area contributed by atoms with Gasteiger partial charge in [0.05, 0.1) is 6.54 Å². The number of nitrogens with zero attached hydrogens (tertiary/aromatic N) is 4. The summed E-state index contributed by atoms with van der Waals surface area (Å²) in [7, 11) is 0. The second-order valence-corrected chi connectivity index (χ2v) is 3.49. The normalized spacial score (nSPS) is 10.8. The van der Waals surface area contributed by atoms with Gasteiger partial charge in [0, 0.05) is 0 Å². The molecule has 2 rings (SSSR count). The Morgan fingerprint density at radius 2 is 1.81 bits per heavy atom. The molecule has 80 valence electrons. The smallest absolute Gasteiger partial charge is 0.182 e. The molecule has 0 radical (unpaired) electrons. The van der Waals surface area contributed by atoms with Crippen LogP contribution in [0.5, 0.6) is 0 Å². The molecule has 1 heterocycles. The molecular formula is C11H9ClN4. The number of hydrogen-bond acceptors (Lipinski definition) is 4. The standard InChI is InChI=1S/C11H9ClN4/c12-10-6-7-11(16-14-10)15-13-8-9-4-2-1-3-5-9/h1-7H,8H2. The molecule has 0 fully saturated rings. The van der Waals surface area contributed by atoms with E-state index in [-0.39, 0.29) is 0 Å². The largest absolute Gasteiger partial charge is 0.196 e. The molecule has 5 heteroatoms. The zero-order valence-corrected chi connectivity index (χ0v) is 9.17. The molecule has 0 aliphatic carbocycles. The molecule has 0 bridgehead atoms. The van der Waals surface area contributed by atoms with Crippen molar-refractivity contribution in [1.29, 1.82) is 0 Å². The maximum atomic E-state index is 5.60. The molecule has 0 aliphatic heterocycles. The zero-order chi connectivity index (χ0) is 11.2. The van der Waals surface area contributed by atoms with Gasteiger partial charge >= 0.3 is 0 Å². The molecule has 0 saturated carbocycles. The third-order valence-corrected chi connectivity index (χ3v) is 2.09. The van der Waals surface area contributed by atoms with Crippen molar-refractivity contribution >= 4 is 17.4 Å². The Morgan fingerprint density at radius 1 is 1.00 bits per heavy atom. The fourth-order valence-electron chi connectivity index (χ4n) is 1.14. The molecule has 1 aromatic heterocycles. The van der Waals surface area contributed by atoms with Crippen LogP contribution in [0.3, 0.4) is 0 Å². The van der Waals surface area contributed by atoms with E-state index in [4.69, 9.17) is 11.6 Å². The minimum absolute atomic E-state index is 0.349. The molecule has 0 atom stereocenters. The number of azo groups is 1. The van der Waals surface area contributed by atoms with Crippen LogP contribution in [0.25, 0.3) is 0 Å². The highest BCUT2D eigenvalue weighted by molar-refractivity contribution is 6.29. The highest BCUT2D eigenvalue weighted by atomic mass is 35.5. The third kappa shape index (κ3) is 3.10. The SMILES string of the molecule is Clc1ccc(N=NCc2ccccc2)nn1. The van der Waals surface area contributed by atoms with E-state index in [1.54, 1.807) is 12.1 Å². The highest BCUT2D eigenvalue weighted by Gasteiger charge is 1.93. The van der Waals surface area contributed by atoms with Crippen molar-refractivity contribution in [3.8, 4) is 0 Å². The molecule has 16 heavy (non-hydrogen) atoms. The van der Waals surface area contributed by atoms with Crippen LogP contribution in [-0.2, 0) is 6.54 Å². The summed E-state index contributed by atoms with van der Waals surface area (Å²) >= 11 is 5.60. The Bertz CT molecular complexity index is 467. The van der Waals surface area contributed by atoms with Gasteiger partial charge in [0.2, 0.25) is 0 Å². The fourth-order valence-corrected chi connectivity index (χ4v) is 1.24. The van der Waals surface area contributed by atoms with E-state index in [1.807, 2.05) is 30.3 Å². The summed E-state index contributed by atoms with van der Waals surface area (Å²) in [6.45, 7) is 0.533. The van der Waals surface area contributed by atoms with E-state index < -0.39 is 0 Å². The minimum atomic E-state index is 0.349. The predicted molar refractivity (Wildman–Crippen MR) is 61.7 cm³/mol. The number of aromatic nitrogens is 2. The van der Waals surface area contributed by atoms with Crippen molar-refractivity contribution < 1.29 is 0 Å². The van der Waals surface area contributed by atoms with Gasteiger partial charge in [-0.3, -0.25) is 0 Å². The average molecular weight is 233 g/mol. The maximum absolute atomic E-state index is 5.60. The van der Waals surface area contributed by atoms with Crippen molar-refractivity contribution in [2.24, 2.45) is 10.2 Å². The molecular weight excluding hydrogens is 224 g/mol. The van der Waals surface area contributed by atoms with Gasteiger partial charge in [-0.25, -0.2) is 0 Å². The first kappa shape index (κ1) is 10.7. The minimum Gasteiger partial charge on any atom is -0.182 e. The zero-order valence-electron chi connectivity index (χ0n) is 8.42. The molecule has 2 aromatic rings. The Balaban J connectivity index is 1.98. The van der Waals surface area contributed by atoms with Crippen LogP contribution in [0.1, 0.15) is 5.56 Å². The van der Waals surface area contributed by atoms with Crippen molar-refractivity contribution in [3.05, 3.63) is 53.2 Å². The summed E-state index contributed by atoms with van der Waals surface area (Å²) in [5.41, 5.74) is 1.10. The predicted octanol–water partition coefficient (Wildman–Crippen LogP) is 3.41.